The summed E-state index contributed by atoms with van der Waals surface area (Å²) >= 11 is 0. The summed E-state index contributed by atoms with van der Waals surface area (Å²) in [5.74, 6) is 1.85. The molecule has 1 rings (SSSR count). The van der Waals surface area contributed by atoms with Gasteiger partial charge in [0.15, 0.2) is 0 Å². The lowest BCUT2D eigenvalue weighted by Crippen LogP contribution is -2.60. The Morgan fingerprint density at radius 3 is 2.05 bits per heavy atom. The van der Waals surface area contributed by atoms with Crippen molar-refractivity contribution in [3.05, 3.63) is 0 Å². The molecule has 1 aliphatic carbocycles. The smallest absolute Gasteiger partial charge is 0.0328 e. The van der Waals surface area contributed by atoms with Gasteiger partial charge in [0, 0.05) is 11.6 Å². The number of hydrogen-bond donors (Lipinski definition) is 1. The Balaban J connectivity index is 2.77. The van der Waals surface area contributed by atoms with Crippen LogP contribution in [0, 0.1) is 11.8 Å². The van der Waals surface area contributed by atoms with Crippen LogP contribution in [0.1, 0.15) is 66.2 Å². The van der Waals surface area contributed by atoms with Crippen LogP contribution in [0.3, 0.4) is 0 Å². The second kappa shape index (κ2) is 7.64. The van der Waals surface area contributed by atoms with Gasteiger partial charge in [-0.05, 0) is 58.7 Å². The van der Waals surface area contributed by atoms with Crippen molar-refractivity contribution in [1.82, 2.24) is 10.2 Å². The van der Waals surface area contributed by atoms with E-state index in [-0.39, 0.29) is 5.54 Å². The minimum atomic E-state index is 0.278. The highest BCUT2D eigenvalue weighted by Crippen LogP contribution is 2.37. The minimum absolute atomic E-state index is 0.278. The van der Waals surface area contributed by atoms with Crippen molar-refractivity contribution < 1.29 is 0 Å². The first-order valence-electron chi connectivity index (χ1n) is 8.40. The third-order valence-corrected chi connectivity index (χ3v) is 5.77. The molecule has 1 N–H and O–H groups in total. The van der Waals surface area contributed by atoms with Gasteiger partial charge in [0.05, 0.1) is 0 Å². The number of likely N-dealkylation sites (N-methyl/N-ethyl adjacent to an activating group) is 2. The summed E-state index contributed by atoms with van der Waals surface area (Å²) in [7, 11) is 4.48. The number of nitrogens with zero attached hydrogens (tertiary/aromatic N) is 1. The highest BCUT2D eigenvalue weighted by Gasteiger charge is 2.40. The normalized spacial score (nSPS) is 29.2. The van der Waals surface area contributed by atoms with E-state index in [1.54, 1.807) is 0 Å². The van der Waals surface area contributed by atoms with Gasteiger partial charge in [-0.3, -0.25) is 0 Å². The fraction of sp³-hybridized carbons (Fsp3) is 1.00. The van der Waals surface area contributed by atoms with E-state index in [0.29, 0.717) is 6.04 Å². The van der Waals surface area contributed by atoms with Crippen molar-refractivity contribution in [3.63, 3.8) is 0 Å². The molecule has 1 saturated carbocycles. The molecule has 1 aliphatic rings. The molecule has 0 aromatic carbocycles. The molecule has 0 saturated heterocycles. The summed E-state index contributed by atoms with van der Waals surface area (Å²) in [4.78, 5) is 2.44. The molecule has 19 heavy (non-hydrogen) atoms. The predicted octanol–water partition coefficient (Wildman–Crippen LogP) is 3.91. The highest BCUT2D eigenvalue weighted by molar-refractivity contribution is 4.98. The van der Waals surface area contributed by atoms with Crippen molar-refractivity contribution >= 4 is 0 Å². The van der Waals surface area contributed by atoms with E-state index in [4.69, 9.17) is 0 Å². The Morgan fingerprint density at radius 2 is 1.68 bits per heavy atom. The molecule has 1 fully saturated rings. The first-order chi connectivity index (χ1) is 8.99. The monoisotopic (exact) mass is 268 g/mol. The fourth-order valence-electron chi connectivity index (χ4n) is 3.86. The quantitative estimate of drug-likeness (QED) is 0.753. The van der Waals surface area contributed by atoms with Gasteiger partial charge in [0.2, 0.25) is 0 Å². The van der Waals surface area contributed by atoms with Crippen LogP contribution in [-0.4, -0.2) is 37.1 Å². The van der Waals surface area contributed by atoms with E-state index < -0.39 is 0 Å². The molecular formula is C17H36N2. The second-order valence-electron chi connectivity index (χ2n) is 6.83. The summed E-state index contributed by atoms with van der Waals surface area (Å²) in [5, 5.41) is 3.82. The van der Waals surface area contributed by atoms with E-state index in [1.165, 1.54) is 38.5 Å². The van der Waals surface area contributed by atoms with Crippen LogP contribution < -0.4 is 5.32 Å². The molecule has 114 valence electrons. The molecule has 0 aromatic heterocycles. The molecule has 0 spiro atoms. The molecule has 2 atom stereocenters. The topological polar surface area (TPSA) is 15.3 Å². The van der Waals surface area contributed by atoms with Gasteiger partial charge >= 0.3 is 0 Å². The van der Waals surface area contributed by atoms with Gasteiger partial charge in [-0.1, -0.05) is 40.0 Å². The summed E-state index contributed by atoms with van der Waals surface area (Å²) in [5.41, 5.74) is 0.278. The van der Waals surface area contributed by atoms with Crippen LogP contribution >= 0.6 is 0 Å². The first kappa shape index (κ1) is 17.0. The summed E-state index contributed by atoms with van der Waals surface area (Å²) in [6.07, 6.45) is 8.30. The predicted molar refractivity (Wildman–Crippen MR) is 85.6 cm³/mol. The zero-order valence-corrected chi connectivity index (χ0v) is 14.1. The van der Waals surface area contributed by atoms with E-state index >= 15 is 0 Å². The third kappa shape index (κ3) is 3.95. The number of nitrogens with one attached hydrogen (secondary N) is 1. The molecule has 0 heterocycles. The Morgan fingerprint density at radius 1 is 1.11 bits per heavy atom. The van der Waals surface area contributed by atoms with Gasteiger partial charge in [-0.25, -0.2) is 0 Å². The average molecular weight is 268 g/mol. The highest BCUT2D eigenvalue weighted by atomic mass is 15.2. The van der Waals surface area contributed by atoms with Crippen molar-refractivity contribution in [2.45, 2.75) is 77.8 Å². The molecule has 0 radical (unpaired) electrons. The lowest BCUT2D eigenvalue weighted by molar-refractivity contribution is 0.0621. The molecule has 0 amide bonds. The maximum atomic E-state index is 3.82. The van der Waals surface area contributed by atoms with E-state index in [2.05, 4.69) is 52.0 Å². The van der Waals surface area contributed by atoms with Gasteiger partial charge < -0.3 is 10.2 Å². The van der Waals surface area contributed by atoms with Gasteiger partial charge in [0.1, 0.15) is 0 Å². The third-order valence-electron chi connectivity index (χ3n) is 5.77. The molecule has 2 heteroatoms. The van der Waals surface area contributed by atoms with Gasteiger partial charge in [-0.15, -0.1) is 0 Å². The SMILES string of the molecule is CCNC(C1CCC(CC)CC1)C(C)(CC)N(C)C. The summed E-state index contributed by atoms with van der Waals surface area (Å²) < 4.78 is 0. The van der Waals surface area contributed by atoms with E-state index in [9.17, 15) is 0 Å². The van der Waals surface area contributed by atoms with Crippen molar-refractivity contribution in [2.75, 3.05) is 20.6 Å². The Bertz CT molecular complexity index is 244. The maximum absolute atomic E-state index is 3.82. The van der Waals surface area contributed by atoms with Crippen molar-refractivity contribution in [1.29, 1.82) is 0 Å². The van der Waals surface area contributed by atoms with Crippen LogP contribution in [0.15, 0.2) is 0 Å². The molecule has 2 unspecified atom stereocenters. The summed E-state index contributed by atoms with van der Waals surface area (Å²) in [6, 6.07) is 0.635. The van der Waals surface area contributed by atoms with Crippen LogP contribution in [0.2, 0.25) is 0 Å². The second-order valence-corrected chi connectivity index (χ2v) is 6.83. The minimum Gasteiger partial charge on any atom is -0.312 e. The Labute approximate surface area is 121 Å². The zero-order chi connectivity index (χ0) is 14.5. The lowest BCUT2D eigenvalue weighted by Gasteiger charge is -2.48. The Hall–Kier alpha value is -0.0800. The van der Waals surface area contributed by atoms with Crippen molar-refractivity contribution in [3.8, 4) is 0 Å². The average Bonchev–Trinajstić information content (AvgIpc) is 2.44. The van der Waals surface area contributed by atoms with Crippen LogP contribution in [-0.2, 0) is 0 Å². The van der Waals surface area contributed by atoms with E-state index in [0.717, 1.165) is 18.4 Å². The fourth-order valence-corrected chi connectivity index (χ4v) is 3.86. The lowest BCUT2D eigenvalue weighted by atomic mass is 9.71. The molecular weight excluding hydrogens is 232 g/mol. The molecule has 0 aromatic rings. The first-order valence-corrected chi connectivity index (χ1v) is 8.40. The van der Waals surface area contributed by atoms with Crippen molar-refractivity contribution in [2.24, 2.45) is 11.8 Å². The van der Waals surface area contributed by atoms with Crippen LogP contribution in [0.5, 0.6) is 0 Å². The maximum Gasteiger partial charge on any atom is 0.0328 e. The van der Waals surface area contributed by atoms with Gasteiger partial charge in [0.25, 0.3) is 0 Å². The summed E-state index contributed by atoms with van der Waals surface area (Å²) in [6.45, 7) is 10.5. The van der Waals surface area contributed by atoms with Crippen LogP contribution in [0.25, 0.3) is 0 Å². The molecule has 2 nitrogen and oxygen atoms in total. The van der Waals surface area contributed by atoms with E-state index in [1.807, 2.05) is 0 Å². The molecule has 0 aliphatic heterocycles. The van der Waals surface area contributed by atoms with Crippen LogP contribution in [0.4, 0.5) is 0 Å². The molecule has 0 bridgehead atoms. The standard InChI is InChI=1S/C17H36N2/c1-7-14-10-12-15(13-11-14)16(18-9-3)17(4,8-2)19(5)6/h14-16,18H,7-13H2,1-6H3. The largest absolute Gasteiger partial charge is 0.312 e. The van der Waals surface area contributed by atoms with Gasteiger partial charge in [-0.2, -0.15) is 0 Å². The number of rotatable bonds is 7. The zero-order valence-electron chi connectivity index (χ0n) is 14.1. The number of hydrogen-bond acceptors (Lipinski definition) is 2. The Kier molecular flexibility index (Phi) is 6.82.